The van der Waals surface area contributed by atoms with Crippen LogP contribution in [0.1, 0.15) is 26.3 Å². The van der Waals surface area contributed by atoms with Gasteiger partial charge in [-0.3, -0.25) is 14.4 Å². The summed E-state index contributed by atoms with van der Waals surface area (Å²) in [5.41, 5.74) is 1.33. The van der Waals surface area contributed by atoms with Crippen LogP contribution >= 0.6 is 0 Å². The predicted molar refractivity (Wildman–Crippen MR) is 97.9 cm³/mol. The van der Waals surface area contributed by atoms with Crippen molar-refractivity contribution in [2.75, 3.05) is 12.4 Å². The summed E-state index contributed by atoms with van der Waals surface area (Å²) in [6.07, 6.45) is 1.32. The lowest BCUT2D eigenvalue weighted by molar-refractivity contribution is 0.102. The fourth-order valence-corrected chi connectivity index (χ4v) is 2.45. The van der Waals surface area contributed by atoms with Crippen molar-refractivity contribution in [2.24, 2.45) is 0 Å². The van der Waals surface area contributed by atoms with Crippen LogP contribution in [-0.2, 0) is 0 Å². The maximum atomic E-state index is 12.6. The summed E-state index contributed by atoms with van der Waals surface area (Å²) in [6, 6.07) is 16.4. The first kappa shape index (κ1) is 17.2. The van der Waals surface area contributed by atoms with Crippen LogP contribution in [0.25, 0.3) is 0 Å². The van der Waals surface area contributed by atoms with Crippen LogP contribution in [0.5, 0.6) is 5.75 Å². The lowest BCUT2D eigenvalue weighted by Crippen LogP contribution is -2.15. The minimum Gasteiger partial charge on any atom is -0.495 e. The SMILES string of the molecule is COc1ccc(C(=O)c2ccccc2)cc1NC(=O)c1ccc(=O)[nH]c1. The average molecular weight is 348 g/mol. The van der Waals surface area contributed by atoms with Gasteiger partial charge in [0.1, 0.15) is 5.75 Å². The molecule has 0 aliphatic rings. The quantitative estimate of drug-likeness (QED) is 0.694. The molecule has 1 aromatic heterocycles. The Bertz CT molecular complexity index is 989. The largest absolute Gasteiger partial charge is 0.495 e. The van der Waals surface area contributed by atoms with E-state index in [1.165, 1.54) is 25.4 Å². The lowest BCUT2D eigenvalue weighted by atomic mass is 10.0. The number of amides is 1. The number of H-pyrrole nitrogens is 1. The molecule has 0 saturated carbocycles. The van der Waals surface area contributed by atoms with Crippen LogP contribution in [0.4, 0.5) is 5.69 Å². The summed E-state index contributed by atoms with van der Waals surface area (Å²) >= 11 is 0. The molecule has 0 aliphatic heterocycles. The van der Waals surface area contributed by atoms with E-state index in [0.717, 1.165) is 0 Å². The number of hydrogen-bond donors (Lipinski definition) is 2. The van der Waals surface area contributed by atoms with Gasteiger partial charge in [-0.05, 0) is 24.3 Å². The third kappa shape index (κ3) is 3.70. The highest BCUT2D eigenvalue weighted by Gasteiger charge is 2.14. The van der Waals surface area contributed by atoms with Crippen LogP contribution in [0.15, 0.2) is 71.7 Å². The summed E-state index contributed by atoms with van der Waals surface area (Å²) in [7, 11) is 1.48. The number of ketones is 1. The second-order valence-corrected chi connectivity index (χ2v) is 5.51. The van der Waals surface area contributed by atoms with Crippen molar-refractivity contribution < 1.29 is 14.3 Å². The van der Waals surface area contributed by atoms with Crippen molar-refractivity contribution >= 4 is 17.4 Å². The van der Waals surface area contributed by atoms with Gasteiger partial charge in [-0.15, -0.1) is 0 Å². The molecule has 3 aromatic rings. The van der Waals surface area contributed by atoms with Crippen LogP contribution in [0.3, 0.4) is 0 Å². The smallest absolute Gasteiger partial charge is 0.257 e. The van der Waals surface area contributed by atoms with E-state index in [4.69, 9.17) is 4.74 Å². The van der Waals surface area contributed by atoms with Gasteiger partial charge in [0, 0.05) is 23.4 Å². The van der Waals surface area contributed by atoms with Crippen LogP contribution < -0.4 is 15.6 Å². The summed E-state index contributed by atoms with van der Waals surface area (Å²) in [6.45, 7) is 0. The maximum absolute atomic E-state index is 12.6. The van der Waals surface area contributed by atoms with E-state index in [2.05, 4.69) is 10.3 Å². The molecule has 6 heteroatoms. The summed E-state index contributed by atoms with van der Waals surface area (Å²) in [4.78, 5) is 38.5. The topological polar surface area (TPSA) is 88.3 Å². The molecule has 0 radical (unpaired) electrons. The normalized spacial score (nSPS) is 10.2. The van der Waals surface area contributed by atoms with Gasteiger partial charge in [0.15, 0.2) is 5.78 Å². The van der Waals surface area contributed by atoms with E-state index < -0.39 is 5.91 Å². The Labute approximate surface area is 149 Å². The van der Waals surface area contributed by atoms with Crippen LogP contribution in [0.2, 0.25) is 0 Å². The van der Waals surface area contributed by atoms with Crippen molar-refractivity contribution in [2.45, 2.75) is 0 Å². The Morgan fingerprint density at radius 1 is 0.923 bits per heavy atom. The number of carbonyl (C=O) groups is 2. The van der Waals surface area contributed by atoms with Crippen LogP contribution in [-0.4, -0.2) is 23.8 Å². The zero-order valence-corrected chi connectivity index (χ0v) is 14.0. The highest BCUT2D eigenvalue weighted by molar-refractivity contribution is 6.11. The Balaban J connectivity index is 1.90. The number of anilines is 1. The van der Waals surface area contributed by atoms with Crippen LogP contribution in [0, 0.1) is 0 Å². The standard InChI is InChI=1S/C20H16N2O4/c1-26-17-9-7-14(19(24)13-5-3-2-4-6-13)11-16(17)22-20(25)15-8-10-18(23)21-12-15/h2-12H,1H3,(H,21,23)(H,22,25). The van der Waals surface area contributed by atoms with Gasteiger partial charge in [-0.25, -0.2) is 0 Å². The van der Waals surface area contributed by atoms with Crippen molar-refractivity contribution in [3.05, 3.63) is 93.9 Å². The molecule has 0 bridgehead atoms. The molecule has 26 heavy (non-hydrogen) atoms. The molecule has 0 saturated heterocycles. The molecule has 130 valence electrons. The first-order valence-corrected chi connectivity index (χ1v) is 7.86. The Morgan fingerprint density at radius 2 is 1.65 bits per heavy atom. The zero-order valence-electron chi connectivity index (χ0n) is 14.0. The maximum Gasteiger partial charge on any atom is 0.257 e. The number of nitrogens with one attached hydrogen (secondary N) is 2. The highest BCUT2D eigenvalue weighted by atomic mass is 16.5. The van der Waals surface area contributed by atoms with Crippen molar-refractivity contribution in [3.63, 3.8) is 0 Å². The van der Waals surface area contributed by atoms with Gasteiger partial charge in [-0.1, -0.05) is 30.3 Å². The van der Waals surface area contributed by atoms with E-state index in [9.17, 15) is 14.4 Å². The third-order valence-electron chi connectivity index (χ3n) is 3.79. The summed E-state index contributed by atoms with van der Waals surface area (Å²) < 4.78 is 5.26. The van der Waals surface area contributed by atoms with E-state index in [0.29, 0.717) is 22.6 Å². The Kier molecular flexibility index (Phi) is 4.94. The van der Waals surface area contributed by atoms with Gasteiger partial charge in [0.05, 0.1) is 18.4 Å². The molecule has 1 heterocycles. The molecule has 0 unspecified atom stereocenters. The number of methoxy groups -OCH3 is 1. The molecule has 3 rings (SSSR count). The fourth-order valence-electron chi connectivity index (χ4n) is 2.45. The third-order valence-corrected chi connectivity index (χ3v) is 3.79. The first-order chi connectivity index (χ1) is 12.6. The molecule has 1 amide bonds. The fraction of sp³-hybridized carbons (Fsp3) is 0.0500. The number of carbonyl (C=O) groups excluding carboxylic acids is 2. The molecule has 0 fully saturated rings. The number of pyridine rings is 1. The first-order valence-electron chi connectivity index (χ1n) is 7.86. The molecule has 2 N–H and O–H groups in total. The second kappa shape index (κ2) is 7.48. The molecule has 0 atom stereocenters. The Hall–Kier alpha value is -3.67. The van der Waals surface area contributed by atoms with Crippen molar-refractivity contribution in [1.82, 2.24) is 4.98 Å². The van der Waals surface area contributed by atoms with E-state index in [1.807, 2.05) is 6.07 Å². The molecule has 6 nitrogen and oxygen atoms in total. The zero-order chi connectivity index (χ0) is 18.5. The number of rotatable bonds is 5. The number of hydrogen-bond acceptors (Lipinski definition) is 4. The van der Waals surface area contributed by atoms with Crippen molar-refractivity contribution in [1.29, 1.82) is 0 Å². The number of ether oxygens (including phenoxy) is 1. The van der Waals surface area contributed by atoms with Gasteiger partial charge in [0.25, 0.3) is 5.91 Å². The highest BCUT2D eigenvalue weighted by Crippen LogP contribution is 2.27. The predicted octanol–water partition coefficient (Wildman–Crippen LogP) is 2.87. The number of aromatic amines is 1. The molecule has 0 spiro atoms. The van der Waals surface area contributed by atoms with Crippen molar-refractivity contribution in [3.8, 4) is 5.75 Å². The summed E-state index contributed by atoms with van der Waals surface area (Å²) in [5, 5.41) is 2.71. The Morgan fingerprint density at radius 3 is 2.31 bits per heavy atom. The molecule has 0 aliphatic carbocycles. The monoisotopic (exact) mass is 348 g/mol. The van der Waals surface area contributed by atoms with E-state index in [-0.39, 0.29) is 16.9 Å². The lowest BCUT2D eigenvalue weighted by Gasteiger charge is -2.12. The average Bonchev–Trinajstić information content (AvgIpc) is 2.68. The number of aromatic nitrogens is 1. The number of benzene rings is 2. The minimum absolute atomic E-state index is 0.159. The van der Waals surface area contributed by atoms with Gasteiger partial charge >= 0.3 is 0 Å². The van der Waals surface area contributed by atoms with E-state index in [1.54, 1.807) is 42.5 Å². The van der Waals surface area contributed by atoms with E-state index >= 15 is 0 Å². The van der Waals surface area contributed by atoms with Gasteiger partial charge in [0.2, 0.25) is 5.56 Å². The second-order valence-electron chi connectivity index (χ2n) is 5.51. The molecule has 2 aromatic carbocycles. The summed E-state index contributed by atoms with van der Waals surface area (Å²) in [5.74, 6) is -0.163. The van der Waals surface area contributed by atoms with Gasteiger partial charge < -0.3 is 15.0 Å². The van der Waals surface area contributed by atoms with Gasteiger partial charge in [-0.2, -0.15) is 0 Å². The minimum atomic E-state index is -0.427. The molecular weight excluding hydrogens is 332 g/mol. The molecular formula is C20H16N2O4.